The third-order valence-corrected chi connectivity index (χ3v) is 7.00. The minimum absolute atomic E-state index is 0.0159. The van der Waals surface area contributed by atoms with Crippen molar-refractivity contribution in [2.45, 2.75) is 76.5 Å². The van der Waals surface area contributed by atoms with E-state index in [-0.39, 0.29) is 36.5 Å². The van der Waals surface area contributed by atoms with Gasteiger partial charge in [-0.1, -0.05) is 52.6 Å². The smallest absolute Gasteiger partial charge is 0.333 e. The van der Waals surface area contributed by atoms with E-state index in [1.165, 1.54) is 20.8 Å². The van der Waals surface area contributed by atoms with Crippen LogP contribution in [-0.4, -0.2) is 122 Å². The Morgan fingerprint density at radius 1 is 0.544 bits per heavy atom. The van der Waals surface area contributed by atoms with Crippen LogP contribution in [-0.2, 0) is 81.0 Å². The van der Waals surface area contributed by atoms with Crippen molar-refractivity contribution in [3.63, 3.8) is 0 Å². The number of carbonyl (C=O) groups is 8. The zero-order valence-corrected chi connectivity index (χ0v) is 32.2. The van der Waals surface area contributed by atoms with Crippen LogP contribution in [0.5, 0.6) is 0 Å². The maximum Gasteiger partial charge on any atom is 0.333 e. The SMILES string of the molecule is C=CC(=O)O.C=CC(=O)OCC1OC[C@@H](OC(=O)C(=C)C)[C@@H](OC(=O)C(=C)C)[C@@H]1OC(=O)C(=C)C.C=CC(=O)O[C@H]1[C@H](OC(=O)C=C)C(C)OC[C@H]1OC(=O)C=C. The molecule has 0 saturated carbocycles. The normalized spacial score (nSPS) is 23.0. The Bertz CT molecular complexity index is 1600. The fraction of sp³-hybridized carbons (Fsp3) is 0.385. The number of hydrogen-bond acceptors (Lipinski definition) is 17. The average molecular weight is 805 g/mol. The van der Waals surface area contributed by atoms with E-state index in [2.05, 4.69) is 52.6 Å². The number of carboxylic acids is 1. The number of aliphatic carboxylic acids is 1. The molecule has 0 aromatic rings. The van der Waals surface area contributed by atoms with Gasteiger partial charge in [-0.15, -0.1) is 0 Å². The van der Waals surface area contributed by atoms with Crippen LogP contribution in [0.25, 0.3) is 0 Å². The summed E-state index contributed by atoms with van der Waals surface area (Å²) in [5.41, 5.74) is 0.256. The van der Waals surface area contributed by atoms with E-state index in [4.69, 9.17) is 47.7 Å². The molecule has 0 bridgehead atoms. The predicted octanol–water partition coefficient (Wildman–Crippen LogP) is 2.53. The minimum atomic E-state index is -1.27. The van der Waals surface area contributed by atoms with Gasteiger partial charge in [-0.3, -0.25) is 0 Å². The Morgan fingerprint density at radius 3 is 1.35 bits per heavy atom. The van der Waals surface area contributed by atoms with E-state index in [0.29, 0.717) is 0 Å². The number of carbonyl (C=O) groups excluding carboxylic acids is 7. The van der Waals surface area contributed by atoms with Crippen LogP contribution < -0.4 is 0 Å². The van der Waals surface area contributed by atoms with E-state index in [1.807, 2.05) is 0 Å². The van der Waals surface area contributed by atoms with Crippen LogP contribution in [0.2, 0.25) is 0 Å². The molecule has 0 amide bonds. The first-order chi connectivity index (χ1) is 26.7. The summed E-state index contributed by atoms with van der Waals surface area (Å²) in [6, 6.07) is 0. The molecular weight excluding hydrogens is 756 g/mol. The molecule has 2 aliphatic rings. The summed E-state index contributed by atoms with van der Waals surface area (Å²) >= 11 is 0. The van der Waals surface area contributed by atoms with Crippen molar-refractivity contribution in [1.82, 2.24) is 0 Å². The summed E-state index contributed by atoms with van der Waals surface area (Å²) in [5, 5.41) is 7.60. The zero-order valence-electron chi connectivity index (χ0n) is 32.2. The molecule has 0 radical (unpaired) electrons. The van der Waals surface area contributed by atoms with Crippen molar-refractivity contribution in [1.29, 1.82) is 0 Å². The second-order valence-corrected chi connectivity index (χ2v) is 11.7. The lowest BCUT2D eigenvalue weighted by Crippen LogP contribution is -2.59. The Kier molecular flexibility index (Phi) is 22.8. The maximum absolute atomic E-state index is 12.2. The highest BCUT2D eigenvalue weighted by Crippen LogP contribution is 2.27. The van der Waals surface area contributed by atoms with Gasteiger partial charge in [0.2, 0.25) is 0 Å². The van der Waals surface area contributed by atoms with Gasteiger partial charge in [0.25, 0.3) is 0 Å². The third kappa shape index (κ3) is 18.2. The fourth-order valence-corrected chi connectivity index (χ4v) is 4.15. The molecule has 18 nitrogen and oxygen atoms in total. The van der Waals surface area contributed by atoms with Gasteiger partial charge in [0, 0.05) is 47.1 Å². The first kappa shape index (κ1) is 50.6. The van der Waals surface area contributed by atoms with E-state index < -0.39 is 96.6 Å². The molecule has 0 spiro atoms. The van der Waals surface area contributed by atoms with Gasteiger partial charge in [-0.25, -0.2) is 38.4 Å². The molecule has 2 saturated heterocycles. The van der Waals surface area contributed by atoms with Crippen molar-refractivity contribution in [2.75, 3.05) is 19.8 Å². The average Bonchev–Trinajstić information content (AvgIpc) is 3.17. The van der Waals surface area contributed by atoms with Gasteiger partial charge < -0.3 is 47.7 Å². The Labute approximate surface area is 329 Å². The molecule has 0 aromatic carbocycles. The Balaban J connectivity index is 0.00000102. The summed E-state index contributed by atoms with van der Waals surface area (Å²) in [4.78, 5) is 91.3. The highest BCUT2D eigenvalue weighted by atomic mass is 16.7. The largest absolute Gasteiger partial charge is 0.478 e. The summed E-state index contributed by atoms with van der Waals surface area (Å²) in [6.45, 7) is 32.0. The standard InChI is InChI=1S/C21H26O9.C15H18O7.C3H4O2/c1-8-16(22)27-9-14-17(29-20(24)12(4)5)18(30-21(25)13(6)7)15(10-26-14)28-19(23)11(2)3;1-5-11(16)20-10-8-19-9(4)14(21-12(17)6-2)15(10)22-13(18)7-3;1-2-3(4)5/h8,14-15,17-18H,1-2,4,6,9-10H2,3,5,7H3;5-7,9-10,14-15H,1-3,8H2,4H3;2H,1H2,(H,4,5)/t14?,15-,17-,18-;9?,10-,14-,15-;/m11./s1. The van der Waals surface area contributed by atoms with Crippen LogP contribution in [0.15, 0.2) is 99.7 Å². The molecule has 1 N–H and O–H groups in total. The van der Waals surface area contributed by atoms with Crippen LogP contribution in [0, 0.1) is 0 Å². The Hall–Kier alpha value is -6.40. The molecule has 2 aliphatic heterocycles. The lowest BCUT2D eigenvalue weighted by molar-refractivity contribution is -0.229. The molecule has 2 heterocycles. The van der Waals surface area contributed by atoms with Gasteiger partial charge in [0.1, 0.15) is 12.7 Å². The monoisotopic (exact) mass is 804 g/mol. The molecular formula is C39H48O18. The lowest BCUT2D eigenvalue weighted by Gasteiger charge is -2.40. The molecule has 2 unspecified atom stereocenters. The second-order valence-electron chi connectivity index (χ2n) is 11.7. The van der Waals surface area contributed by atoms with E-state index >= 15 is 0 Å². The van der Waals surface area contributed by atoms with Crippen LogP contribution in [0.3, 0.4) is 0 Å². The molecule has 2 rings (SSSR count). The molecule has 18 heteroatoms. The predicted molar refractivity (Wildman–Crippen MR) is 198 cm³/mol. The molecule has 2 fully saturated rings. The van der Waals surface area contributed by atoms with Crippen molar-refractivity contribution in [3.05, 3.63) is 99.7 Å². The number of hydrogen-bond donors (Lipinski definition) is 1. The maximum atomic E-state index is 12.2. The van der Waals surface area contributed by atoms with Crippen molar-refractivity contribution in [2.24, 2.45) is 0 Å². The number of ether oxygens (including phenoxy) is 9. The first-order valence-corrected chi connectivity index (χ1v) is 16.6. The van der Waals surface area contributed by atoms with E-state index in [0.717, 1.165) is 30.4 Å². The zero-order chi connectivity index (χ0) is 44.0. The highest BCUT2D eigenvalue weighted by Gasteiger charge is 2.48. The fourth-order valence-electron chi connectivity index (χ4n) is 4.15. The van der Waals surface area contributed by atoms with Gasteiger partial charge in [0.05, 0.1) is 19.3 Å². The van der Waals surface area contributed by atoms with Crippen LogP contribution in [0.1, 0.15) is 27.7 Å². The highest BCUT2D eigenvalue weighted by molar-refractivity contribution is 5.89. The summed E-state index contributed by atoms with van der Waals surface area (Å²) in [7, 11) is 0. The summed E-state index contributed by atoms with van der Waals surface area (Å²) in [6.07, 6.45) is -3.47. The van der Waals surface area contributed by atoms with Gasteiger partial charge >= 0.3 is 47.8 Å². The molecule has 312 valence electrons. The molecule has 0 aromatic heterocycles. The van der Waals surface area contributed by atoms with Crippen molar-refractivity contribution in [3.8, 4) is 0 Å². The summed E-state index contributed by atoms with van der Waals surface area (Å²) in [5.74, 6) is -6.21. The third-order valence-electron chi connectivity index (χ3n) is 7.00. The van der Waals surface area contributed by atoms with E-state index in [9.17, 15) is 38.4 Å². The summed E-state index contributed by atoms with van der Waals surface area (Å²) < 4.78 is 47.5. The van der Waals surface area contributed by atoms with Crippen LogP contribution in [0.4, 0.5) is 0 Å². The molecule has 57 heavy (non-hydrogen) atoms. The number of carboxylic acid groups (broad SMARTS) is 1. The number of rotatable bonds is 16. The Morgan fingerprint density at radius 2 is 0.912 bits per heavy atom. The van der Waals surface area contributed by atoms with Gasteiger partial charge in [-0.2, -0.15) is 0 Å². The topological polar surface area (TPSA) is 240 Å². The number of esters is 7. The first-order valence-electron chi connectivity index (χ1n) is 16.6. The van der Waals surface area contributed by atoms with Crippen LogP contribution >= 0.6 is 0 Å². The van der Waals surface area contributed by atoms with Gasteiger partial charge in [-0.05, 0) is 27.7 Å². The van der Waals surface area contributed by atoms with E-state index in [1.54, 1.807) is 6.92 Å². The second kappa shape index (κ2) is 25.6. The quantitative estimate of drug-likeness (QED) is 0.134. The van der Waals surface area contributed by atoms with Crippen molar-refractivity contribution < 1.29 is 86.1 Å². The van der Waals surface area contributed by atoms with Gasteiger partial charge in [0.15, 0.2) is 36.6 Å². The van der Waals surface area contributed by atoms with Crippen molar-refractivity contribution >= 4 is 47.8 Å². The molecule has 8 atom stereocenters. The lowest BCUT2D eigenvalue weighted by atomic mass is 9.99. The minimum Gasteiger partial charge on any atom is -0.478 e. The molecule has 0 aliphatic carbocycles.